The first-order valence-corrected chi connectivity index (χ1v) is 20.8. The maximum absolute atomic E-state index is 11.0. The summed E-state index contributed by atoms with van der Waals surface area (Å²) in [5, 5.41) is 83.6. The van der Waals surface area contributed by atoms with Crippen molar-refractivity contribution in [3.05, 3.63) is 34.9 Å². The second kappa shape index (κ2) is 24.5. The molecule has 0 aromatic carbocycles. The zero-order valence-electron chi connectivity index (χ0n) is 35.9. The van der Waals surface area contributed by atoms with Crippen LogP contribution in [-0.2, 0) is 0 Å². The van der Waals surface area contributed by atoms with Gasteiger partial charge in [0.2, 0.25) is 0 Å². The summed E-state index contributed by atoms with van der Waals surface area (Å²) in [6.07, 6.45) is 20.1. The lowest BCUT2D eigenvalue weighted by Gasteiger charge is -2.30. The van der Waals surface area contributed by atoms with Crippen molar-refractivity contribution in [1.29, 1.82) is 0 Å². The topological polar surface area (TPSA) is 162 Å². The average molecular weight is 755 g/mol. The van der Waals surface area contributed by atoms with Crippen LogP contribution in [-0.4, -0.2) is 87.2 Å². The summed E-state index contributed by atoms with van der Waals surface area (Å²) >= 11 is 0. The van der Waals surface area contributed by atoms with Crippen LogP contribution in [0.2, 0.25) is 0 Å². The van der Waals surface area contributed by atoms with Gasteiger partial charge in [-0.2, -0.15) is 0 Å². The lowest BCUT2D eigenvalue weighted by molar-refractivity contribution is -0.0866. The number of allylic oxidation sites excluding steroid dienone is 6. The van der Waals surface area contributed by atoms with Crippen LogP contribution in [0.25, 0.3) is 0 Å². The molecule has 0 aromatic rings. The average Bonchev–Trinajstić information content (AvgIpc) is 2.99. The molecule has 0 aromatic heterocycles. The molecule has 0 heterocycles. The Balaban J connectivity index is 4.37. The SMILES string of the molecule is CC(C)=CCCC(C)(O)CCCC(C)(O)CCCC(C)(O)CCCC(C)(O)CCCC(C)(O)CCC/C(C)=C/CC/C(C)=C/CCC(C)(O)C(O)CO. The molecule has 0 rings (SSSR count). The summed E-state index contributed by atoms with van der Waals surface area (Å²) in [5.41, 5.74) is -1.56. The van der Waals surface area contributed by atoms with Crippen LogP contribution in [0, 0.1) is 0 Å². The third kappa shape index (κ3) is 28.0. The van der Waals surface area contributed by atoms with Crippen molar-refractivity contribution in [1.82, 2.24) is 0 Å². The highest BCUT2D eigenvalue weighted by Crippen LogP contribution is 2.31. The summed E-state index contributed by atoms with van der Waals surface area (Å²) in [5.74, 6) is 0. The van der Waals surface area contributed by atoms with Gasteiger partial charge in [-0.05, 0) is 204 Å². The summed E-state index contributed by atoms with van der Waals surface area (Å²) in [7, 11) is 0. The van der Waals surface area contributed by atoms with Gasteiger partial charge in [0.25, 0.3) is 0 Å². The van der Waals surface area contributed by atoms with E-state index in [4.69, 9.17) is 5.11 Å². The first kappa shape index (κ1) is 51.9. The number of hydrogen-bond donors (Lipinski definition) is 8. The zero-order valence-corrected chi connectivity index (χ0v) is 35.9. The van der Waals surface area contributed by atoms with Gasteiger partial charge in [0.05, 0.1) is 40.2 Å². The fourth-order valence-electron chi connectivity index (χ4n) is 7.17. The van der Waals surface area contributed by atoms with E-state index in [2.05, 4.69) is 45.9 Å². The lowest BCUT2D eigenvalue weighted by atomic mass is 9.84. The molecule has 7 unspecified atom stereocenters. The fraction of sp³-hybridized carbons (Fsp3) is 0.867. The van der Waals surface area contributed by atoms with Gasteiger partial charge in [0.15, 0.2) is 0 Å². The summed E-state index contributed by atoms with van der Waals surface area (Å²) in [6, 6.07) is 0. The minimum Gasteiger partial charge on any atom is -0.394 e. The van der Waals surface area contributed by atoms with Gasteiger partial charge in [-0.1, -0.05) is 34.9 Å². The third-order valence-corrected chi connectivity index (χ3v) is 11.3. The Kier molecular flexibility index (Phi) is 24.0. The van der Waals surface area contributed by atoms with Gasteiger partial charge in [-0.15, -0.1) is 0 Å². The second-order valence-electron chi connectivity index (χ2n) is 18.8. The Morgan fingerprint density at radius 2 is 0.755 bits per heavy atom. The Morgan fingerprint density at radius 1 is 0.434 bits per heavy atom. The van der Waals surface area contributed by atoms with E-state index in [9.17, 15) is 35.7 Å². The van der Waals surface area contributed by atoms with Crippen LogP contribution in [0.1, 0.15) is 204 Å². The summed E-state index contributed by atoms with van der Waals surface area (Å²) in [4.78, 5) is 0. The molecule has 0 aliphatic carbocycles. The van der Waals surface area contributed by atoms with Gasteiger partial charge in [0, 0.05) is 0 Å². The van der Waals surface area contributed by atoms with E-state index in [0.29, 0.717) is 89.9 Å². The van der Waals surface area contributed by atoms with Crippen molar-refractivity contribution < 1.29 is 40.9 Å². The molecular weight excluding hydrogens is 668 g/mol. The first-order valence-electron chi connectivity index (χ1n) is 20.8. The van der Waals surface area contributed by atoms with Crippen LogP contribution in [0.3, 0.4) is 0 Å². The monoisotopic (exact) mass is 755 g/mol. The van der Waals surface area contributed by atoms with Gasteiger partial charge < -0.3 is 40.9 Å². The van der Waals surface area contributed by atoms with Crippen LogP contribution >= 0.6 is 0 Å². The van der Waals surface area contributed by atoms with Gasteiger partial charge in [0.1, 0.15) is 6.10 Å². The Morgan fingerprint density at radius 3 is 1.13 bits per heavy atom. The number of hydrogen-bond acceptors (Lipinski definition) is 8. The van der Waals surface area contributed by atoms with E-state index in [1.54, 1.807) is 6.92 Å². The quantitative estimate of drug-likeness (QED) is 0.0326. The zero-order chi connectivity index (χ0) is 41.0. The highest BCUT2D eigenvalue weighted by Gasteiger charge is 2.30. The fourth-order valence-corrected chi connectivity index (χ4v) is 7.17. The number of rotatable bonds is 31. The minimum absolute atomic E-state index is 0.390. The Hall–Kier alpha value is -1.10. The van der Waals surface area contributed by atoms with Crippen molar-refractivity contribution in [3.8, 4) is 0 Å². The van der Waals surface area contributed by atoms with Crippen molar-refractivity contribution in [2.75, 3.05) is 6.61 Å². The highest BCUT2D eigenvalue weighted by molar-refractivity contribution is 5.04. The predicted octanol–water partition coefficient (Wildman–Crippen LogP) is 8.90. The Labute approximate surface area is 325 Å². The van der Waals surface area contributed by atoms with E-state index >= 15 is 0 Å². The second-order valence-corrected chi connectivity index (χ2v) is 18.8. The maximum Gasteiger partial charge on any atom is 0.105 e. The first-order chi connectivity index (χ1) is 24.2. The van der Waals surface area contributed by atoms with E-state index in [0.717, 1.165) is 44.9 Å². The largest absolute Gasteiger partial charge is 0.394 e. The summed E-state index contributed by atoms with van der Waals surface area (Å²) in [6.45, 7) is 18.7. The molecule has 0 radical (unpaired) electrons. The molecule has 0 amide bonds. The molecule has 8 nitrogen and oxygen atoms in total. The van der Waals surface area contributed by atoms with E-state index < -0.39 is 46.3 Å². The molecule has 0 spiro atoms. The van der Waals surface area contributed by atoms with Crippen LogP contribution in [0.4, 0.5) is 0 Å². The molecule has 8 heteroatoms. The molecule has 0 saturated heterocycles. The van der Waals surface area contributed by atoms with Gasteiger partial charge >= 0.3 is 0 Å². The lowest BCUT2D eigenvalue weighted by Crippen LogP contribution is -2.41. The predicted molar refractivity (Wildman–Crippen MR) is 221 cm³/mol. The van der Waals surface area contributed by atoms with Gasteiger partial charge in [-0.3, -0.25) is 0 Å². The van der Waals surface area contributed by atoms with E-state index in [1.165, 1.54) is 16.7 Å². The van der Waals surface area contributed by atoms with Crippen LogP contribution in [0.15, 0.2) is 34.9 Å². The molecule has 314 valence electrons. The number of aliphatic hydroxyl groups excluding tert-OH is 2. The van der Waals surface area contributed by atoms with Crippen molar-refractivity contribution in [3.63, 3.8) is 0 Å². The standard InChI is InChI=1S/C45H86O8/c1-36(2)19-12-24-40(5,48)26-15-28-42(7,50)30-17-32-44(9,52)33-18-31-43(8,51)29-16-27-41(6,49)25-13-22-37(3)20-11-21-38(4)23-14-34-45(10,53)39(47)35-46/h19-20,23,39,46-53H,11-18,21-22,24-35H2,1-10H3/b37-20+,38-23+. The molecular formula is C45H86O8. The van der Waals surface area contributed by atoms with E-state index in [1.807, 2.05) is 34.6 Å². The van der Waals surface area contributed by atoms with Gasteiger partial charge in [-0.25, -0.2) is 0 Å². The molecule has 7 atom stereocenters. The van der Waals surface area contributed by atoms with Crippen molar-refractivity contribution in [2.45, 2.75) is 244 Å². The summed E-state index contributed by atoms with van der Waals surface area (Å²) < 4.78 is 0. The molecule has 0 fully saturated rings. The molecule has 0 bridgehead atoms. The number of aliphatic hydroxyl groups is 8. The van der Waals surface area contributed by atoms with E-state index in [-0.39, 0.29) is 0 Å². The third-order valence-electron chi connectivity index (χ3n) is 11.3. The molecule has 0 aliphatic heterocycles. The molecule has 8 N–H and O–H groups in total. The van der Waals surface area contributed by atoms with Crippen molar-refractivity contribution >= 4 is 0 Å². The highest BCUT2D eigenvalue weighted by atomic mass is 16.4. The maximum atomic E-state index is 11.0. The van der Waals surface area contributed by atoms with Crippen molar-refractivity contribution in [2.24, 2.45) is 0 Å². The Bertz CT molecular complexity index is 1080. The van der Waals surface area contributed by atoms with Crippen LogP contribution < -0.4 is 0 Å². The molecule has 0 saturated carbocycles. The normalized spacial score (nSPS) is 20.3. The molecule has 0 aliphatic rings. The minimum atomic E-state index is -1.30. The molecule has 53 heavy (non-hydrogen) atoms. The van der Waals surface area contributed by atoms with Crippen LogP contribution in [0.5, 0.6) is 0 Å². The smallest absolute Gasteiger partial charge is 0.105 e.